The Hall–Kier alpha value is -1.02. The van der Waals surface area contributed by atoms with Crippen molar-refractivity contribution in [2.24, 2.45) is 0 Å². The largest absolute Gasteiger partial charge is 0.497 e. The molecule has 3 heteroatoms. The molecule has 1 rings (SSSR count). The fourth-order valence-electron chi connectivity index (χ4n) is 0.722. The molecule has 0 heterocycles. The van der Waals surface area contributed by atoms with E-state index >= 15 is 0 Å². The van der Waals surface area contributed by atoms with Gasteiger partial charge in [-0.1, -0.05) is 0 Å². The van der Waals surface area contributed by atoms with Gasteiger partial charge in [-0.05, 0) is 35.9 Å². The third kappa shape index (κ3) is 1.95. The van der Waals surface area contributed by atoms with E-state index in [1.54, 1.807) is 31.4 Å². The fraction of sp³-hybridized carbons (Fsp3) is 0.125. The lowest BCUT2D eigenvalue weighted by Crippen LogP contribution is -1.88. The van der Waals surface area contributed by atoms with Crippen molar-refractivity contribution in [3.05, 3.63) is 29.8 Å². The number of halogens is 1. The van der Waals surface area contributed by atoms with E-state index in [0.717, 1.165) is 0 Å². The first-order valence-electron chi connectivity index (χ1n) is 3.08. The van der Waals surface area contributed by atoms with E-state index in [2.05, 4.69) is 0 Å². The number of rotatable bonds is 2. The highest BCUT2D eigenvalue weighted by Gasteiger charge is 1.99. The Labute approximate surface area is 69.7 Å². The van der Waals surface area contributed by atoms with Gasteiger partial charge in [0.1, 0.15) is 5.75 Å². The van der Waals surface area contributed by atoms with Gasteiger partial charge in [0.05, 0.1) is 7.11 Å². The molecule has 0 bridgehead atoms. The fourth-order valence-corrected chi connectivity index (χ4v) is 0.848. The van der Waals surface area contributed by atoms with Crippen LogP contribution in [0.25, 0.3) is 0 Å². The highest BCUT2D eigenvalue weighted by atomic mass is 35.5. The number of hydrogen-bond donors (Lipinski definition) is 0. The molecule has 0 radical (unpaired) electrons. The van der Waals surface area contributed by atoms with Gasteiger partial charge in [0.25, 0.3) is 5.24 Å². The van der Waals surface area contributed by atoms with Gasteiger partial charge in [0, 0.05) is 5.56 Å². The van der Waals surface area contributed by atoms with Crippen LogP contribution in [0.3, 0.4) is 0 Å². The van der Waals surface area contributed by atoms with Gasteiger partial charge in [-0.15, -0.1) is 0 Å². The second kappa shape index (κ2) is 3.39. The summed E-state index contributed by atoms with van der Waals surface area (Å²) in [7, 11) is 1.57. The highest BCUT2D eigenvalue weighted by Crippen LogP contribution is 2.12. The molecule has 0 saturated carbocycles. The molecule has 0 aliphatic rings. The second-order valence-corrected chi connectivity index (χ2v) is 2.35. The molecule has 1 aromatic carbocycles. The molecule has 0 spiro atoms. The molecule has 2 nitrogen and oxygen atoms in total. The maximum absolute atomic E-state index is 10.6. The molecule has 0 atom stereocenters. The van der Waals surface area contributed by atoms with Crippen molar-refractivity contribution in [2.45, 2.75) is 0 Å². The zero-order chi connectivity index (χ0) is 8.27. The minimum absolute atomic E-state index is 0.451. The van der Waals surface area contributed by atoms with Crippen LogP contribution in [0, 0.1) is 0 Å². The van der Waals surface area contributed by atoms with Crippen LogP contribution in [0.1, 0.15) is 10.4 Å². The van der Waals surface area contributed by atoms with Crippen molar-refractivity contribution < 1.29 is 9.53 Å². The third-order valence-electron chi connectivity index (χ3n) is 1.32. The van der Waals surface area contributed by atoms with Gasteiger partial charge >= 0.3 is 0 Å². The number of benzene rings is 1. The summed E-state index contributed by atoms with van der Waals surface area (Å²) in [5.74, 6) is 0.715. The van der Waals surface area contributed by atoms with Crippen molar-refractivity contribution >= 4 is 16.8 Å². The first kappa shape index (κ1) is 8.08. The van der Waals surface area contributed by atoms with E-state index in [9.17, 15) is 4.79 Å². The molecule has 0 amide bonds. The molecule has 0 unspecified atom stereocenters. The summed E-state index contributed by atoms with van der Waals surface area (Å²) < 4.78 is 4.89. The van der Waals surface area contributed by atoms with Crippen molar-refractivity contribution in [1.29, 1.82) is 0 Å². The standard InChI is InChI=1S/C8H7ClO2/c1-11-7-4-2-6(3-5-7)8(9)10/h2-5H,1H3/i8+2. The minimum Gasteiger partial charge on any atom is -0.497 e. The Bertz CT molecular complexity index is 253. The van der Waals surface area contributed by atoms with E-state index in [4.69, 9.17) is 16.3 Å². The summed E-state index contributed by atoms with van der Waals surface area (Å²) in [5.41, 5.74) is 0.479. The minimum atomic E-state index is -0.451. The number of carbonyl (C=O) groups is 1. The predicted octanol–water partition coefficient (Wildman–Crippen LogP) is 2.07. The summed E-state index contributed by atoms with van der Waals surface area (Å²) in [6, 6.07) is 6.62. The Kier molecular flexibility index (Phi) is 2.49. The maximum atomic E-state index is 10.6. The van der Waals surface area contributed by atoms with Crippen LogP contribution in [0.5, 0.6) is 5.75 Å². The van der Waals surface area contributed by atoms with E-state index in [1.165, 1.54) is 0 Å². The first-order chi connectivity index (χ1) is 5.24. The second-order valence-electron chi connectivity index (χ2n) is 2.00. The average molecular weight is 173 g/mol. The van der Waals surface area contributed by atoms with E-state index < -0.39 is 5.24 Å². The monoisotopic (exact) mass is 172 g/mol. The molecule has 0 aromatic heterocycles. The van der Waals surface area contributed by atoms with Crippen LogP contribution >= 0.6 is 11.6 Å². The van der Waals surface area contributed by atoms with Gasteiger partial charge in [0.15, 0.2) is 0 Å². The summed E-state index contributed by atoms with van der Waals surface area (Å²) in [6.07, 6.45) is 0. The molecule has 0 aliphatic carbocycles. The van der Waals surface area contributed by atoms with Crippen LogP contribution in [0.4, 0.5) is 0 Å². The zero-order valence-electron chi connectivity index (χ0n) is 6.00. The molecular formula is C8H7ClO2. The molecule has 1 aromatic rings. The molecule has 0 N–H and O–H groups in total. The van der Waals surface area contributed by atoms with Crippen molar-refractivity contribution in [3.8, 4) is 5.75 Å². The highest BCUT2D eigenvalue weighted by molar-refractivity contribution is 6.67. The van der Waals surface area contributed by atoms with Crippen molar-refractivity contribution in [1.82, 2.24) is 0 Å². The quantitative estimate of drug-likeness (QED) is 0.639. The summed E-state index contributed by atoms with van der Waals surface area (Å²) in [6.45, 7) is 0. The van der Waals surface area contributed by atoms with Crippen molar-refractivity contribution in [2.75, 3.05) is 7.11 Å². The zero-order valence-corrected chi connectivity index (χ0v) is 6.76. The smallest absolute Gasteiger partial charge is 0.252 e. The van der Waals surface area contributed by atoms with Gasteiger partial charge in [0.2, 0.25) is 0 Å². The molecule has 11 heavy (non-hydrogen) atoms. The Balaban J connectivity index is 2.91. The SMILES string of the molecule is COc1ccc([14C](=O)Cl)cc1. The normalized spacial score (nSPS) is 9.27. The first-order valence-corrected chi connectivity index (χ1v) is 3.45. The average Bonchev–Trinajstić information content (AvgIpc) is 2.05. The topological polar surface area (TPSA) is 26.3 Å². The lowest BCUT2D eigenvalue weighted by Gasteiger charge is -1.98. The summed E-state index contributed by atoms with van der Waals surface area (Å²) in [4.78, 5) is 10.6. The van der Waals surface area contributed by atoms with Gasteiger partial charge in [-0.2, -0.15) is 0 Å². The Morgan fingerprint density at radius 1 is 1.36 bits per heavy atom. The Morgan fingerprint density at radius 3 is 2.27 bits per heavy atom. The number of methoxy groups -OCH3 is 1. The molecule has 0 fully saturated rings. The predicted molar refractivity (Wildman–Crippen MR) is 43.2 cm³/mol. The number of carbonyl (C=O) groups excluding carboxylic acids is 1. The molecular weight excluding hydrogens is 166 g/mol. The molecule has 0 aliphatic heterocycles. The number of ether oxygens (including phenoxy) is 1. The Morgan fingerprint density at radius 2 is 1.91 bits per heavy atom. The van der Waals surface area contributed by atoms with Crippen LogP contribution in [-0.2, 0) is 0 Å². The van der Waals surface area contributed by atoms with Gasteiger partial charge < -0.3 is 4.74 Å². The lowest BCUT2D eigenvalue weighted by molar-refractivity contribution is 0.108. The van der Waals surface area contributed by atoms with E-state index in [-0.39, 0.29) is 0 Å². The maximum Gasteiger partial charge on any atom is 0.252 e. The van der Waals surface area contributed by atoms with Crippen LogP contribution in [0.2, 0.25) is 0 Å². The van der Waals surface area contributed by atoms with Crippen LogP contribution in [0.15, 0.2) is 24.3 Å². The lowest BCUT2D eigenvalue weighted by atomic mass is 10.3. The van der Waals surface area contributed by atoms with E-state index in [1.807, 2.05) is 0 Å². The van der Waals surface area contributed by atoms with Crippen molar-refractivity contribution in [3.63, 3.8) is 0 Å². The summed E-state index contributed by atoms with van der Waals surface area (Å²) >= 11 is 5.22. The van der Waals surface area contributed by atoms with Crippen LogP contribution < -0.4 is 4.74 Å². The van der Waals surface area contributed by atoms with Crippen LogP contribution in [-0.4, -0.2) is 12.4 Å². The van der Waals surface area contributed by atoms with Gasteiger partial charge in [-0.3, -0.25) is 4.79 Å². The van der Waals surface area contributed by atoms with E-state index in [0.29, 0.717) is 11.3 Å². The third-order valence-corrected chi connectivity index (χ3v) is 1.54. The van der Waals surface area contributed by atoms with Gasteiger partial charge in [-0.25, -0.2) is 0 Å². The molecule has 58 valence electrons. The molecule has 0 saturated heterocycles. The summed E-state index contributed by atoms with van der Waals surface area (Å²) in [5, 5.41) is -0.451. The number of hydrogen-bond acceptors (Lipinski definition) is 2.